The number of hydrogen-bond donors (Lipinski definition) is 0. The Hall–Kier alpha value is -0.530. The lowest BCUT2D eigenvalue weighted by Crippen LogP contribution is -2.45. The van der Waals surface area contributed by atoms with Crippen LogP contribution < -0.4 is 0 Å². The number of rotatable bonds is 2. The predicted molar refractivity (Wildman–Crippen MR) is 54.4 cm³/mol. The van der Waals surface area contributed by atoms with Crippen molar-refractivity contribution < 1.29 is 4.79 Å². The van der Waals surface area contributed by atoms with Crippen LogP contribution in [0.15, 0.2) is 0 Å². The standard InChI is InChI=1S/C11H21NO/c1-8(2)10-5-6-11(13)12(7-10)9(3)4/h8-10H,5-7H2,1-4H3/t10-/m0/s1. The van der Waals surface area contributed by atoms with Crippen molar-refractivity contribution >= 4 is 5.91 Å². The van der Waals surface area contributed by atoms with Gasteiger partial charge in [-0.25, -0.2) is 0 Å². The van der Waals surface area contributed by atoms with Gasteiger partial charge in [-0.2, -0.15) is 0 Å². The van der Waals surface area contributed by atoms with E-state index in [1.54, 1.807) is 0 Å². The van der Waals surface area contributed by atoms with E-state index in [-0.39, 0.29) is 0 Å². The number of piperidine rings is 1. The third kappa shape index (κ3) is 2.45. The van der Waals surface area contributed by atoms with Crippen molar-refractivity contribution in [2.45, 2.75) is 46.6 Å². The van der Waals surface area contributed by atoms with Crippen LogP contribution in [0.1, 0.15) is 40.5 Å². The van der Waals surface area contributed by atoms with Crippen molar-refractivity contribution in [3.8, 4) is 0 Å². The maximum absolute atomic E-state index is 11.5. The Balaban J connectivity index is 2.58. The second-order valence-corrected chi connectivity index (χ2v) is 4.68. The van der Waals surface area contributed by atoms with E-state index >= 15 is 0 Å². The minimum atomic E-state index is 0.340. The monoisotopic (exact) mass is 183 g/mol. The van der Waals surface area contributed by atoms with E-state index in [1.807, 2.05) is 4.90 Å². The van der Waals surface area contributed by atoms with Gasteiger partial charge in [-0.05, 0) is 32.1 Å². The van der Waals surface area contributed by atoms with Gasteiger partial charge in [-0.3, -0.25) is 4.79 Å². The minimum absolute atomic E-state index is 0.340. The molecule has 1 amide bonds. The van der Waals surface area contributed by atoms with E-state index in [0.717, 1.165) is 19.4 Å². The van der Waals surface area contributed by atoms with Crippen molar-refractivity contribution in [1.29, 1.82) is 0 Å². The minimum Gasteiger partial charge on any atom is -0.340 e. The zero-order chi connectivity index (χ0) is 10.0. The molecule has 0 aliphatic carbocycles. The summed E-state index contributed by atoms with van der Waals surface area (Å²) in [5, 5.41) is 0. The number of carbonyl (C=O) groups excluding carboxylic acids is 1. The molecule has 1 heterocycles. The molecule has 0 N–H and O–H groups in total. The molecular formula is C11H21NO. The van der Waals surface area contributed by atoms with Crippen LogP contribution in [0, 0.1) is 11.8 Å². The van der Waals surface area contributed by atoms with Gasteiger partial charge in [0.05, 0.1) is 0 Å². The molecule has 1 aliphatic rings. The van der Waals surface area contributed by atoms with Crippen molar-refractivity contribution in [3.05, 3.63) is 0 Å². The molecule has 76 valence electrons. The van der Waals surface area contributed by atoms with Gasteiger partial charge in [0, 0.05) is 19.0 Å². The molecule has 1 saturated heterocycles. The van der Waals surface area contributed by atoms with Crippen LogP contribution in [0.5, 0.6) is 0 Å². The van der Waals surface area contributed by atoms with Crippen LogP contribution >= 0.6 is 0 Å². The summed E-state index contributed by atoms with van der Waals surface area (Å²) < 4.78 is 0. The highest BCUT2D eigenvalue weighted by molar-refractivity contribution is 5.77. The zero-order valence-corrected chi connectivity index (χ0v) is 9.21. The largest absolute Gasteiger partial charge is 0.340 e. The van der Waals surface area contributed by atoms with Crippen LogP contribution in [0.3, 0.4) is 0 Å². The molecule has 1 fully saturated rings. The van der Waals surface area contributed by atoms with Gasteiger partial charge >= 0.3 is 0 Å². The molecular weight excluding hydrogens is 162 g/mol. The Kier molecular flexibility index (Phi) is 3.34. The maximum atomic E-state index is 11.5. The van der Waals surface area contributed by atoms with Crippen molar-refractivity contribution in [3.63, 3.8) is 0 Å². The Bertz CT molecular complexity index is 187. The highest BCUT2D eigenvalue weighted by Crippen LogP contribution is 2.25. The molecule has 13 heavy (non-hydrogen) atoms. The Morgan fingerprint density at radius 2 is 1.92 bits per heavy atom. The lowest BCUT2D eigenvalue weighted by atomic mass is 9.87. The predicted octanol–water partition coefficient (Wildman–Crippen LogP) is 2.29. The maximum Gasteiger partial charge on any atom is 0.222 e. The van der Waals surface area contributed by atoms with E-state index in [4.69, 9.17) is 0 Å². The summed E-state index contributed by atoms with van der Waals surface area (Å²) in [7, 11) is 0. The van der Waals surface area contributed by atoms with Gasteiger partial charge in [0.25, 0.3) is 0 Å². The van der Waals surface area contributed by atoms with Crippen molar-refractivity contribution in [1.82, 2.24) is 4.90 Å². The summed E-state index contributed by atoms with van der Waals surface area (Å²) in [5.74, 6) is 1.75. The average molecular weight is 183 g/mol. The summed E-state index contributed by atoms with van der Waals surface area (Å²) in [6, 6.07) is 0.369. The van der Waals surface area contributed by atoms with Crippen LogP contribution in [0.4, 0.5) is 0 Å². The first-order chi connectivity index (χ1) is 6.02. The highest BCUT2D eigenvalue weighted by Gasteiger charge is 2.28. The van der Waals surface area contributed by atoms with Gasteiger partial charge < -0.3 is 4.90 Å². The van der Waals surface area contributed by atoms with Crippen LogP contribution in [0.2, 0.25) is 0 Å². The van der Waals surface area contributed by atoms with Gasteiger partial charge in [-0.1, -0.05) is 13.8 Å². The number of nitrogens with zero attached hydrogens (tertiary/aromatic N) is 1. The Morgan fingerprint density at radius 3 is 2.38 bits per heavy atom. The number of hydrogen-bond acceptors (Lipinski definition) is 1. The average Bonchev–Trinajstić information content (AvgIpc) is 2.04. The molecule has 1 atom stereocenters. The Morgan fingerprint density at radius 1 is 1.31 bits per heavy atom. The molecule has 0 radical (unpaired) electrons. The third-order valence-electron chi connectivity index (χ3n) is 3.05. The third-order valence-corrected chi connectivity index (χ3v) is 3.05. The lowest BCUT2D eigenvalue weighted by molar-refractivity contribution is -0.137. The lowest BCUT2D eigenvalue weighted by Gasteiger charge is -2.37. The van der Waals surface area contributed by atoms with Crippen LogP contribution in [0.25, 0.3) is 0 Å². The second-order valence-electron chi connectivity index (χ2n) is 4.68. The molecule has 2 heteroatoms. The first kappa shape index (κ1) is 10.6. The van der Waals surface area contributed by atoms with Gasteiger partial charge in [0.1, 0.15) is 0 Å². The molecule has 1 rings (SSSR count). The van der Waals surface area contributed by atoms with Crippen LogP contribution in [-0.4, -0.2) is 23.4 Å². The molecule has 0 spiro atoms. The SMILES string of the molecule is CC(C)[C@H]1CCC(=O)N(C(C)C)C1. The number of likely N-dealkylation sites (tertiary alicyclic amines) is 1. The molecule has 0 bridgehead atoms. The van der Waals surface area contributed by atoms with Gasteiger partial charge in [0.2, 0.25) is 5.91 Å². The van der Waals surface area contributed by atoms with E-state index in [1.165, 1.54) is 0 Å². The summed E-state index contributed by atoms with van der Waals surface area (Å²) in [6.45, 7) is 9.66. The number of amides is 1. The smallest absolute Gasteiger partial charge is 0.222 e. The fourth-order valence-electron chi connectivity index (χ4n) is 1.94. The van der Waals surface area contributed by atoms with E-state index in [9.17, 15) is 4.79 Å². The topological polar surface area (TPSA) is 20.3 Å². The first-order valence-electron chi connectivity index (χ1n) is 5.31. The summed E-state index contributed by atoms with van der Waals surface area (Å²) in [5.41, 5.74) is 0. The zero-order valence-electron chi connectivity index (χ0n) is 9.21. The molecule has 0 aromatic carbocycles. The van der Waals surface area contributed by atoms with Gasteiger partial charge in [-0.15, -0.1) is 0 Å². The molecule has 0 aromatic rings. The molecule has 0 unspecified atom stereocenters. The summed E-state index contributed by atoms with van der Waals surface area (Å²) in [6.07, 6.45) is 1.83. The Labute approximate surface area is 81.3 Å². The van der Waals surface area contributed by atoms with E-state index in [2.05, 4.69) is 27.7 Å². The highest BCUT2D eigenvalue weighted by atomic mass is 16.2. The van der Waals surface area contributed by atoms with Crippen molar-refractivity contribution in [2.24, 2.45) is 11.8 Å². The molecule has 0 saturated carbocycles. The molecule has 2 nitrogen and oxygen atoms in total. The number of carbonyl (C=O) groups is 1. The van der Waals surface area contributed by atoms with E-state index in [0.29, 0.717) is 23.8 Å². The van der Waals surface area contributed by atoms with Crippen LogP contribution in [-0.2, 0) is 4.79 Å². The second kappa shape index (κ2) is 4.12. The molecule has 0 aromatic heterocycles. The van der Waals surface area contributed by atoms with Gasteiger partial charge in [0.15, 0.2) is 0 Å². The quantitative estimate of drug-likeness (QED) is 0.643. The fourth-order valence-corrected chi connectivity index (χ4v) is 1.94. The molecule has 1 aliphatic heterocycles. The first-order valence-corrected chi connectivity index (χ1v) is 5.31. The van der Waals surface area contributed by atoms with E-state index < -0.39 is 0 Å². The summed E-state index contributed by atoms with van der Waals surface area (Å²) >= 11 is 0. The van der Waals surface area contributed by atoms with Crippen molar-refractivity contribution in [2.75, 3.05) is 6.54 Å². The fraction of sp³-hybridized carbons (Fsp3) is 0.909. The normalized spacial score (nSPS) is 24.6. The summed E-state index contributed by atoms with van der Waals surface area (Å²) in [4.78, 5) is 13.6.